The molecule has 0 saturated carbocycles. The number of hydrogen-bond acceptors (Lipinski definition) is 5. The molecule has 0 bridgehead atoms. The number of hydrogen-bond donors (Lipinski definition) is 1. The number of ether oxygens (including phenoxy) is 2. The minimum atomic E-state index is -0.620. The highest BCUT2D eigenvalue weighted by Crippen LogP contribution is 2.12. The first-order valence-corrected chi connectivity index (χ1v) is 9.86. The summed E-state index contributed by atoms with van der Waals surface area (Å²) < 4.78 is 10.7. The molecule has 8 nitrogen and oxygen atoms in total. The van der Waals surface area contributed by atoms with Crippen LogP contribution in [0, 0.1) is 6.92 Å². The Morgan fingerprint density at radius 3 is 2.14 bits per heavy atom. The highest BCUT2D eigenvalue weighted by molar-refractivity contribution is 5.82. The van der Waals surface area contributed by atoms with E-state index in [2.05, 4.69) is 5.32 Å². The number of nitrogens with zero attached hydrogens (tertiary/aromatic N) is 2. The lowest BCUT2D eigenvalue weighted by Gasteiger charge is -2.23. The fourth-order valence-electron chi connectivity index (χ4n) is 2.86. The van der Waals surface area contributed by atoms with Crippen LogP contribution < -0.4 is 10.1 Å². The normalized spacial score (nSPS) is 14.8. The smallest absolute Gasteiger partial charge is 0.408 e. The second-order valence-electron chi connectivity index (χ2n) is 8.07. The monoisotopic (exact) mass is 405 g/mol. The van der Waals surface area contributed by atoms with E-state index in [1.165, 1.54) is 0 Å². The van der Waals surface area contributed by atoms with Crippen LogP contribution in [0.5, 0.6) is 5.75 Å². The maximum Gasteiger partial charge on any atom is 0.408 e. The van der Waals surface area contributed by atoms with Crippen LogP contribution in [0.4, 0.5) is 4.79 Å². The van der Waals surface area contributed by atoms with Crippen LogP contribution in [-0.2, 0) is 14.3 Å². The van der Waals surface area contributed by atoms with Crippen LogP contribution in [-0.4, -0.2) is 72.6 Å². The van der Waals surface area contributed by atoms with Crippen molar-refractivity contribution in [3.63, 3.8) is 0 Å². The molecule has 1 aliphatic heterocycles. The van der Waals surface area contributed by atoms with Gasteiger partial charge in [0.25, 0.3) is 5.91 Å². The van der Waals surface area contributed by atoms with Crippen LogP contribution in [0.2, 0.25) is 0 Å². The summed E-state index contributed by atoms with van der Waals surface area (Å²) >= 11 is 0. The Hall–Kier alpha value is -2.77. The molecule has 1 N–H and O–H groups in total. The van der Waals surface area contributed by atoms with E-state index in [4.69, 9.17) is 9.47 Å². The topological polar surface area (TPSA) is 88.2 Å². The van der Waals surface area contributed by atoms with Gasteiger partial charge in [0.05, 0.1) is 0 Å². The fraction of sp³-hybridized carbons (Fsp3) is 0.571. The summed E-state index contributed by atoms with van der Waals surface area (Å²) in [5, 5.41) is 2.48. The van der Waals surface area contributed by atoms with Crippen molar-refractivity contribution < 1.29 is 23.9 Å². The molecule has 0 aromatic heterocycles. The van der Waals surface area contributed by atoms with E-state index in [1.807, 2.05) is 31.2 Å². The summed E-state index contributed by atoms with van der Waals surface area (Å²) in [6.07, 6.45) is 0.0554. The zero-order valence-electron chi connectivity index (χ0n) is 17.7. The van der Waals surface area contributed by atoms with E-state index in [-0.39, 0.29) is 25.0 Å². The number of carbonyl (C=O) groups excluding carboxylic acids is 3. The third kappa shape index (κ3) is 8.01. The van der Waals surface area contributed by atoms with Gasteiger partial charge in [0.15, 0.2) is 6.61 Å². The third-order valence-corrected chi connectivity index (χ3v) is 4.37. The van der Waals surface area contributed by atoms with Gasteiger partial charge in [-0.2, -0.15) is 0 Å². The minimum absolute atomic E-state index is 0.0305. The van der Waals surface area contributed by atoms with E-state index < -0.39 is 11.7 Å². The lowest BCUT2D eigenvalue weighted by atomic mass is 10.2. The molecule has 0 aliphatic carbocycles. The molecule has 1 aromatic carbocycles. The number of carbonyl (C=O) groups is 3. The number of alkyl carbamates (subject to hydrolysis) is 1. The van der Waals surface area contributed by atoms with Crippen molar-refractivity contribution in [3.05, 3.63) is 29.8 Å². The molecule has 0 radical (unpaired) electrons. The number of aryl methyl sites for hydroxylation is 1. The molecule has 1 heterocycles. The molecule has 1 aliphatic rings. The van der Waals surface area contributed by atoms with Crippen molar-refractivity contribution in [1.82, 2.24) is 15.1 Å². The van der Waals surface area contributed by atoms with E-state index in [1.54, 1.807) is 30.6 Å². The SMILES string of the molecule is Cc1ccc(OCC(=O)N2CCCN(C(=O)CNC(=O)OC(C)(C)C)CC2)cc1. The first-order chi connectivity index (χ1) is 13.6. The second-order valence-corrected chi connectivity index (χ2v) is 8.07. The van der Waals surface area contributed by atoms with Crippen LogP contribution >= 0.6 is 0 Å². The molecule has 0 spiro atoms. The van der Waals surface area contributed by atoms with E-state index >= 15 is 0 Å². The van der Waals surface area contributed by atoms with Gasteiger partial charge in [-0.05, 0) is 46.2 Å². The van der Waals surface area contributed by atoms with Crippen molar-refractivity contribution in [2.24, 2.45) is 0 Å². The molecule has 1 fully saturated rings. The van der Waals surface area contributed by atoms with Crippen LogP contribution in [0.15, 0.2) is 24.3 Å². The molecule has 0 atom stereocenters. The van der Waals surface area contributed by atoms with E-state index in [0.717, 1.165) is 5.56 Å². The average Bonchev–Trinajstić information content (AvgIpc) is 2.90. The van der Waals surface area contributed by atoms with Crippen molar-refractivity contribution in [2.45, 2.75) is 39.7 Å². The van der Waals surface area contributed by atoms with Crippen molar-refractivity contribution in [2.75, 3.05) is 39.3 Å². The summed E-state index contributed by atoms with van der Waals surface area (Å²) in [6, 6.07) is 7.54. The van der Waals surface area contributed by atoms with Gasteiger partial charge < -0.3 is 24.6 Å². The molecule has 160 valence electrons. The Labute approximate surface area is 172 Å². The van der Waals surface area contributed by atoms with Crippen molar-refractivity contribution >= 4 is 17.9 Å². The molecular weight excluding hydrogens is 374 g/mol. The lowest BCUT2D eigenvalue weighted by molar-refractivity contribution is -0.134. The Morgan fingerprint density at radius 1 is 0.966 bits per heavy atom. The van der Waals surface area contributed by atoms with Crippen molar-refractivity contribution in [1.29, 1.82) is 0 Å². The number of amides is 3. The van der Waals surface area contributed by atoms with Crippen LogP contribution in [0.1, 0.15) is 32.8 Å². The minimum Gasteiger partial charge on any atom is -0.484 e. The summed E-state index contributed by atoms with van der Waals surface area (Å²) in [7, 11) is 0. The summed E-state index contributed by atoms with van der Waals surface area (Å²) in [5.41, 5.74) is 0.513. The van der Waals surface area contributed by atoms with Crippen molar-refractivity contribution in [3.8, 4) is 5.75 Å². The quantitative estimate of drug-likeness (QED) is 0.809. The molecule has 2 rings (SSSR count). The van der Waals surface area contributed by atoms with Gasteiger partial charge in [0.2, 0.25) is 5.91 Å². The molecule has 8 heteroatoms. The van der Waals surface area contributed by atoms with Gasteiger partial charge in [-0.1, -0.05) is 17.7 Å². The number of benzene rings is 1. The summed E-state index contributed by atoms with van der Waals surface area (Å²) in [6.45, 7) is 9.08. The summed E-state index contributed by atoms with van der Waals surface area (Å²) in [4.78, 5) is 39.9. The Kier molecular flexibility index (Phi) is 7.87. The number of rotatable bonds is 5. The van der Waals surface area contributed by atoms with Gasteiger partial charge in [0.1, 0.15) is 17.9 Å². The first kappa shape index (κ1) is 22.5. The van der Waals surface area contributed by atoms with Gasteiger partial charge in [0, 0.05) is 26.2 Å². The van der Waals surface area contributed by atoms with E-state index in [0.29, 0.717) is 38.3 Å². The highest BCUT2D eigenvalue weighted by atomic mass is 16.6. The Balaban J connectivity index is 1.75. The average molecular weight is 405 g/mol. The molecular formula is C21H31N3O5. The first-order valence-electron chi connectivity index (χ1n) is 9.86. The third-order valence-electron chi connectivity index (χ3n) is 4.37. The standard InChI is InChI=1S/C21H31N3O5/c1-16-6-8-17(9-7-16)28-15-19(26)24-11-5-10-23(12-13-24)18(25)14-22-20(27)29-21(2,3)4/h6-9H,5,10-15H2,1-4H3,(H,22,27). The maximum absolute atomic E-state index is 12.4. The van der Waals surface area contributed by atoms with E-state index in [9.17, 15) is 14.4 Å². The van der Waals surface area contributed by atoms with Gasteiger partial charge >= 0.3 is 6.09 Å². The molecule has 3 amide bonds. The van der Waals surface area contributed by atoms with Crippen LogP contribution in [0.25, 0.3) is 0 Å². The predicted octanol–water partition coefficient (Wildman–Crippen LogP) is 1.96. The largest absolute Gasteiger partial charge is 0.484 e. The highest BCUT2D eigenvalue weighted by Gasteiger charge is 2.23. The van der Waals surface area contributed by atoms with Gasteiger partial charge in [-0.3, -0.25) is 9.59 Å². The molecule has 0 unspecified atom stereocenters. The van der Waals surface area contributed by atoms with Gasteiger partial charge in [-0.25, -0.2) is 4.79 Å². The molecule has 1 saturated heterocycles. The number of nitrogens with one attached hydrogen (secondary N) is 1. The zero-order chi connectivity index (χ0) is 21.4. The van der Waals surface area contributed by atoms with Gasteiger partial charge in [-0.15, -0.1) is 0 Å². The molecule has 29 heavy (non-hydrogen) atoms. The summed E-state index contributed by atoms with van der Waals surface area (Å²) in [5.74, 6) is 0.358. The Bertz CT molecular complexity index is 712. The maximum atomic E-state index is 12.4. The van der Waals surface area contributed by atoms with Crippen LogP contribution in [0.3, 0.4) is 0 Å². The fourth-order valence-corrected chi connectivity index (χ4v) is 2.86. The predicted molar refractivity (Wildman–Crippen MR) is 109 cm³/mol. The lowest BCUT2D eigenvalue weighted by Crippen LogP contribution is -2.44. The second kappa shape index (κ2) is 10.1. The Morgan fingerprint density at radius 2 is 1.55 bits per heavy atom. The molecule has 1 aromatic rings. The zero-order valence-corrected chi connectivity index (χ0v) is 17.7.